The zero-order chi connectivity index (χ0) is 15.8. The van der Waals surface area contributed by atoms with Crippen LogP contribution in [0.3, 0.4) is 0 Å². The summed E-state index contributed by atoms with van der Waals surface area (Å²) in [4.78, 5) is 25.1. The van der Waals surface area contributed by atoms with E-state index in [1.165, 1.54) is 4.90 Å². The van der Waals surface area contributed by atoms with E-state index in [2.05, 4.69) is 5.10 Å². The maximum atomic E-state index is 12.5. The molecule has 1 amide bonds. The van der Waals surface area contributed by atoms with Crippen LogP contribution in [0, 0.1) is 6.92 Å². The molecule has 116 valence electrons. The van der Waals surface area contributed by atoms with Crippen LogP contribution in [-0.4, -0.2) is 57.5 Å². The van der Waals surface area contributed by atoms with Crippen LogP contribution in [0.2, 0.25) is 0 Å². The minimum atomic E-state index is -1.06. The fourth-order valence-electron chi connectivity index (χ4n) is 2.46. The number of amides is 1. The summed E-state index contributed by atoms with van der Waals surface area (Å²) >= 11 is 0. The summed E-state index contributed by atoms with van der Waals surface area (Å²) in [6.07, 6.45) is 0. The van der Waals surface area contributed by atoms with E-state index in [0.717, 1.165) is 5.69 Å². The predicted octanol–water partition coefficient (Wildman–Crippen LogP) is 0.872. The van der Waals surface area contributed by atoms with E-state index in [0.29, 0.717) is 6.61 Å². The van der Waals surface area contributed by atoms with Crippen molar-refractivity contribution in [3.05, 3.63) is 17.5 Å². The van der Waals surface area contributed by atoms with E-state index in [1.54, 1.807) is 10.7 Å². The van der Waals surface area contributed by atoms with Gasteiger partial charge in [0.05, 0.1) is 18.8 Å². The van der Waals surface area contributed by atoms with Gasteiger partial charge < -0.3 is 14.7 Å². The van der Waals surface area contributed by atoms with Crippen molar-refractivity contribution in [1.82, 2.24) is 14.7 Å². The molecule has 21 heavy (non-hydrogen) atoms. The lowest BCUT2D eigenvalue weighted by molar-refractivity contribution is -0.147. The van der Waals surface area contributed by atoms with E-state index in [4.69, 9.17) is 4.74 Å². The van der Waals surface area contributed by atoms with E-state index in [9.17, 15) is 14.7 Å². The molecule has 1 aromatic heterocycles. The molecule has 1 saturated heterocycles. The molecule has 1 aromatic rings. The summed E-state index contributed by atoms with van der Waals surface area (Å²) in [7, 11) is 0. The number of aliphatic carboxylic acids is 1. The highest BCUT2D eigenvalue weighted by Crippen LogP contribution is 2.19. The normalized spacial score (nSPS) is 19.6. The molecule has 1 aliphatic rings. The van der Waals surface area contributed by atoms with Crippen molar-refractivity contribution in [2.75, 3.05) is 19.8 Å². The van der Waals surface area contributed by atoms with E-state index in [-0.39, 0.29) is 30.3 Å². The van der Waals surface area contributed by atoms with Crippen LogP contribution in [0.5, 0.6) is 0 Å². The first-order chi connectivity index (χ1) is 9.71. The van der Waals surface area contributed by atoms with Gasteiger partial charge in [0.1, 0.15) is 0 Å². The van der Waals surface area contributed by atoms with Crippen LogP contribution < -0.4 is 0 Å². The summed E-state index contributed by atoms with van der Waals surface area (Å²) < 4.78 is 6.92. The Bertz CT molecular complexity index is 559. The molecular weight excluding hydrogens is 274 g/mol. The zero-order valence-electron chi connectivity index (χ0n) is 12.8. The number of carbonyl (C=O) groups excluding carboxylic acids is 1. The Balaban J connectivity index is 2.29. The van der Waals surface area contributed by atoms with Crippen molar-refractivity contribution in [3.8, 4) is 0 Å². The predicted molar refractivity (Wildman–Crippen MR) is 75.2 cm³/mol. The molecule has 0 saturated carbocycles. The van der Waals surface area contributed by atoms with Gasteiger partial charge in [-0.15, -0.1) is 0 Å². The molecule has 0 radical (unpaired) electrons. The summed E-state index contributed by atoms with van der Waals surface area (Å²) in [6, 6.07) is 0.744. The van der Waals surface area contributed by atoms with Crippen LogP contribution in [0.15, 0.2) is 6.07 Å². The molecule has 1 N–H and O–H groups in total. The second-order valence-electron chi connectivity index (χ2n) is 6.18. The van der Waals surface area contributed by atoms with Crippen LogP contribution in [-0.2, 0) is 15.1 Å². The zero-order valence-corrected chi connectivity index (χ0v) is 12.8. The monoisotopic (exact) mass is 295 g/mol. The van der Waals surface area contributed by atoms with Crippen LogP contribution in [0.25, 0.3) is 0 Å². The van der Waals surface area contributed by atoms with Gasteiger partial charge in [0.2, 0.25) is 0 Å². The third kappa shape index (κ3) is 3.07. The Labute approximate surface area is 123 Å². The van der Waals surface area contributed by atoms with Crippen molar-refractivity contribution >= 4 is 11.9 Å². The third-order valence-electron chi connectivity index (χ3n) is 3.42. The Morgan fingerprint density at radius 1 is 1.43 bits per heavy atom. The summed E-state index contributed by atoms with van der Waals surface area (Å²) in [6.45, 7) is 8.48. The Kier molecular flexibility index (Phi) is 4.04. The van der Waals surface area contributed by atoms with Gasteiger partial charge in [-0.25, -0.2) is 4.79 Å². The highest BCUT2D eigenvalue weighted by molar-refractivity contribution is 5.95. The molecule has 0 bridgehead atoms. The number of aromatic nitrogens is 2. The molecular formula is C14H21N3O4. The number of aryl methyl sites for hydroxylation is 1. The largest absolute Gasteiger partial charge is 0.480 e. The average Bonchev–Trinajstić information content (AvgIpc) is 2.80. The van der Waals surface area contributed by atoms with Gasteiger partial charge in [0.25, 0.3) is 5.91 Å². The lowest BCUT2D eigenvalue weighted by atomic mass is 10.1. The smallest absolute Gasteiger partial charge is 0.328 e. The molecule has 0 unspecified atom stereocenters. The van der Waals surface area contributed by atoms with Gasteiger partial charge in [0.15, 0.2) is 11.7 Å². The number of hydrogen-bond donors (Lipinski definition) is 1. The number of carboxylic acids is 1. The molecule has 0 aromatic carbocycles. The molecule has 1 aliphatic heterocycles. The molecule has 7 heteroatoms. The molecule has 1 fully saturated rings. The molecule has 2 rings (SSSR count). The minimum absolute atomic E-state index is 0.0139. The topological polar surface area (TPSA) is 84.7 Å². The van der Waals surface area contributed by atoms with Gasteiger partial charge in [-0.3, -0.25) is 9.48 Å². The summed E-state index contributed by atoms with van der Waals surface area (Å²) in [5, 5.41) is 13.5. The fraction of sp³-hybridized carbons (Fsp3) is 0.643. The van der Waals surface area contributed by atoms with Crippen molar-refractivity contribution in [2.24, 2.45) is 0 Å². The number of hydrogen-bond acceptors (Lipinski definition) is 4. The van der Waals surface area contributed by atoms with Crippen LogP contribution in [0.4, 0.5) is 0 Å². The van der Waals surface area contributed by atoms with Crippen LogP contribution in [0.1, 0.15) is 37.0 Å². The first kappa shape index (κ1) is 15.5. The Hall–Kier alpha value is -1.89. The molecule has 7 nitrogen and oxygen atoms in total. The standard InChI is InChI=1S/C14H21N3O4/c1-9-7-10(15-17(9)14(2,3)4)12(18)16-5-6-21-8-11(16)13(19)20/h7,11H,5-6,8H2,1-4H3,(H,19,20)/t11-/m0/s1. The molecule has 1 atom stereocenters. The van der Waals surface area contributed by atoms with E-state index >= 15 is 0 Å². The first-order valence-corrected chi connectivity index (χ1v) is 6.90. The number of carboxylic acid groups (broad SMARTS) is 1. The van der Waals surface area contributed by atoms with Crippen molar-refractivity contribution < 1.29 is 19.4 Å². The number of rotatable bonds is 2. The van der Waals surface area contributed by atoms with Gasteiger partial charge in [-0.1, -0.05) is 0 Å². The maximum Gasteiger partial charge on any atom is 0.328 e. The van der Waals surface area contributed by atoms with E-state index in [1.807, 2.05) is 27.7 Å². The van der Waals surface area contributed by atoms with E-state index < -0.39 is 12.0 Å². The minimum Gasteiger partial charge on any atom is -0.480 e. The van der Waals surface area contributed by atoms with Gasteiger partial charge in [-0.05, 0) is 33.8 Å². The average molecular weight is 295 g/mol. The van der Waals surface area contributed by atoms with Crippen molar-refractivity contribution in [2.45, 2.75) is 39.3 Å². The fourth-order valence-corrected chi connectivity index (χ4v) is 2.46. The molecule has 0 aliphatic carbocycles. The number of nitrogens with zero attached hydrogens (tertiary/aromatic N) is 3. The molecule has 0 spiro atoms. The summed E-state index contributed by atoms with van der Waals surface area (Å²) in [5.41, 5.74) is 0.904. The van der Waals surface area contributed by atoms with Gasteiger partial charge >= 0.3 is 5.97 Å². The number of ether oxygens (including phenoxy) is 1. The van der Waals surface area contributed by atoms with Crippen molar-refractivity contribution in [3.63, 3.8) is 0 Å². The first-order valence-electron chi connectivity index (χ1n) is 6.90. The second kappa shape index (κ2) is 5.48. The highest BCUT2D eigenvalue weighted by Gasteiger charge is 2.34. The Morgan fingerprint density at radius 2 is 2.10 bits per heavy atom. The number of morpholine rings is 1. The summed E-state index contributed by atoms with van der Waals surface area (Å²) in [5.74, 6) is -1.42. The Morgan fingerprint density at radius 3 is 2.62 bits per heavy atom. The number of carbonyl (C=O) groups is 2. The second-order valence-corrected chi connectivity index (χ2v) is 6.18. The third-order valence-corrected chi connectivity index (χ3v) is 3.42. The highest BCUT2D eigenvalue weighted by atomic mass is 16.5. The maximum absolute atomic E-state index is 12.5. The van der Waals surface area contributed by atoms with Crippen LogP contribution >= 0.6 is 0 Å². The lowest BCUT2D eigenvalue weighted by Crippen LogP contribution is -2.52. The lowest BCUT2D eigenvalue weighted by Gasteiger charge is -2.32. The van der Waals surface area contributed by atoms with Gasteiger partial charge in [-0.2, -0.15) is 5.10 Å². The molecule has 2 heterocycles. The van der Waals surface area contributed by atoms with Gasteiger partial charge in [0, 0.05) is 12.2 Å². The quantitative estimate of drug-likeness (QED) is 0.875. The van der Waals surface area contributed by atoms with Crippen molar-refractivity contribution in [1.29, 1.82) is 0 Å². The SMILES string of the molecule is Cc1cc(C(=O)N2CCOC[C@H]2C(=O)O)nn1C(C)(C)C.